The van der Waals surface area contributed by atoms with Gasteiger partial charge in [-0.05, 0) is 43.3 Å². The molecule has 0 aliphatic carbocycles. The lowest BCUT2D eigenvalue weighted by Crippen LogP contribution is -2.30. The zero-order valence-electron chi connectivity index (χ0n) is 11.3. The lowest BCUT2D eigenvalue weighted by molar-refractivity contribution is -0.122. The molecule has 0 aromatic heterocycles. The van der Waals surface area contributed by atoms with Crippen molar-refractivity contribution < 1.29 is 13.9 Å². The highest BCUT2D eigenvalue weighted by atomic mass is 19.1. The van der Waals surface area contributed by atoms with Gasteiger partial charge in [-0.1, -0.05) is 6.07 Å². The second-order valence-electron chi connectivity index (χ2n) is 4.40. The first-order valence-electron chi connectivity index (χ1n) is 6.32. The van der Waals surface area contributed by atoms with Gasteiger partial charge in [-0.3, -0.25) is 4.79 Å². The number of amides is 1. The smallest absolute Gasteiger partial charge is 0.265 e. The van der Waals surface area contributed by atoms with Crippen LogP contribution in [0.4, 0.5) is 10.1 Å². The van der Waals surface area contributed by atoms with E-state index < -0.39 is 11.9 Å². The van der Waals surface area contributed by atoms with Crippen LogP contribution in [-0.4, -0.2) is 12.0 Å². The third-order valence-electron chi connectivity index (χ3n) is 2.76. The first-order chi connectivity index (χ1) is 10.1. The third kappa shape index (κ3) is 4.05. The maximum absolute atomic E-state index is 13.0. The number of hydrogen-bond acceptors (Lipinski definition) is 3. The van der Waals surface area contributed by atoms with E-state index in [1.165, 1.54) is 18.2 Å². The molecule has 21 heavy (non-hydrogen) atoms. The molecule has 2 aromatic carbocycles. The van der Waals surface area contributed by atoms with Gasteiger partial charge in [0.05, 0.1) is 11.6 Å². The Balaban J connectivity index is 1.97. The number of carbonyl (C=O) groups excluding carboxylic acids is 1. The summed E-state index contributed by atoms with van der Waals surface area (Å²) in [5.41, 5.74) is 1.07. The van der Waals surface area contributed by atoms with Crippen LogP contribution in [-0.2, 0) is 4.79 Å². The van der Waals surface area contributed by atoms with Crippen LogP contribution in [0.5, 0.6) is 5.75 Å². The van der Waals surface area contributed by atoms with E-state index in [-0.39, 0.29) is 11.7 Å². The molecular formula is C16H13FN2O2. The average Bonchev–Trinajstić information content (AvgIpc) is 2.48. The van der Waals surface area contributed by atoms with E-state index in [0.717, 1.165) is 0 Å². The van der Waals surface area contributed by atoms with Gasteiger partial charge in [-0.25, -0.2) is 4.39 Å². The first-order valence-corrected chi connectivity index (χ1v) is 6.32. The Labute approximate surface area is 121 Å². The minimum atomic E-state index is -0.776. The van der Waals surface area contributed by atoms with Crippen molar-refractivity contribution in [2.24, 2.45) is 0 Å². The molecule has 1 unspecified atom stereocenters. The quantitative estimate of drug-likeness (QED) is 0.938. The van der Waals surface area contributed by atoms with Crippen molar-refractivity contribution in [2.45, 2.75) is 13.0 Å². The monoisotopic (exact) mass is 284 g/mol. The van der Waals surface area contributed by atoms with Crippen LogP contribution in [0.3, 0.4) is 0 Å². The van der Waals surface area contributed by atoms with E-state index in [4.69, 9.17) is 10.00 Å². The largest absolute Gasteiger partial charge is 0.481 e. The molecule has 2 rings (SSSR count). The maximum atomic E-state index is 13.0. The minimum Gasteiger partial charge on any atom is -0.481 e. The summed E-state index contributed by atoms with van der Waals surface area (Å²) < 4.78 is 18.4. The summed E-state index contributed by atoms with van der Waals surface area (Å²) in [5, 5.41) is 11.4. The van der Waals surface area contributed by atoms with Crippen LogP contribution >= 0.6 is 0 Å². The van der Waals surface area contributed by atoms with Crippen LogP contribution in [0, 0.1) is 17.1 Å². The van der Waals surface area contributed by atoms with Crippen LogP contribution in [0.2, 0.25) is 0 Å². The highest BCUT2D eigenvalue weighted by Crippen LogP contribution is 2.15. The molecule has 5 heteroatoms. The first kappa shape index (κ1) is 14.5. The van der Waals surface area contributed by atoms with Gasteiger partial charge in [-0.2, -0.15) is 5.26 Å². The molecule has 0 saturated heterocycles. The number of rotatable bonds is 4. The second kappa shape index (κ2) is 6.53. The van der Waals surface area contributed by atoms with Crippen molar-refractivity contribution in [3.05, 3.63) is 59.9 Å². The Morgan fingerprint density at radius 1 is 1.29 bits per heavy atom. The standard InChI is InChI=1S/C16H13FN2O2/c1-11(21-15-4-2-3-13(17)9-15)16(20)19-14-7-5-12(10-18)6-8-14/h2-9,11H,1H3,(H,19,20). The molecule has 1 amide bonds. The van der Waals surface area contributed by atoms with Gasteiger partial charge in [0.1, 0.15) is 11.6 Å². The van der Waals surface area contributed by atoms with E-state index in [2.05, 4.69) is 5.32 Å². The molecule has 0 fully saturated rings. The number of hydrogen-bond donors (Lipinski definition) is 1. The minimum absolute atomic E-state index is 0.289. The topological polar surface area (TPSA) is 62.1 Å². The molecule has 1 atom stereocenters. The molecule has 4 nitrogen and oxygen atoms in total. The summed E-state index contributed by atoms with van der Waals surface area (Å²) in [6, 6.07) is 14.1. The van der Waals surface area contributed by atoms with Gasteiger partial charge in [0.2, 0.25) is 0 Å². The summed E-state index contributed by atoms with van der Waals surface area (Å²) in [5.74, 6) is -0.492. The lowest BCUT2D eigenvalue weighted by atomic mass is 10.2. The fourth-order valence-electron chi connectivity index (χ4n) is 1.67. The van der Waals surface area contributed by atoms with E-state index in [1.807, 2.05) is 6.07 Å². The SMILES string of the molecule is CC(Oc1cccc(F)c1)C(=O)Nc1ccc(C#N)cc1. The molecule has 1 N–H and O–H groups in total. The van der Waals surface area contributed by atoms with Gasteiger partial charge in [-0.15, -0.1) is 0 Å². The van der Waals surface area contributed by atoms with E-state index in [0.29, 0.717) is 11.3 Å². The molecule has 0 aliphatic rings. The van der Waals surface area contributed by atoms with Gasteiger partial charge in [0, 0.05) is 11.8 Å². The zero-order valence-corrected chi connectivity index (χ0v) is 11.3. The van der Waals surface area contributed by atoms with Gasteiger partial charge >= 0.3 is 0 Å². The van der Waals surface area contributed by atoms with Crippen LogP contribution < -0.4 is 10.1 Å². The predicted octanol–water partition coefficient (Wildman–Crippen LogP) is 3.10. The van der Waals surface area contributed by atoms with Crippen molar-refractivity contribution in [2.75, 3.05) is 5.32 Å². The van der Waals surface area contributed by atoms with E-state index in [1.54, 1.807) is 37.3 Å². The zero-order chi connectivity index (χ0) is 15.2. The van der Waals surface area contributed by atoms with Crippen molar-refractivity contribution in [3.8, 4) is 11.8 Å². The van der Waals surface area contributed by atoms with Crippen molar-refractivity contribution in [3.63, 3.8) is 0 Å². The highest BCUT2D eigenvalue weighted by Gasteiger charge is 2.15. The number of carbonyl (C=O) groups is 1. The van der Waals surface area contributed by atoms with Crippen LogP contribution in [0.1, 0.15) is 12.5 Å². The fraction of sp³-hybridized carbons (Fsp3) is 0.125. The number of nitrogens with zero attached hydrogens (tertiary/aromatic N) is 1. The molecule has 2 aromatic rings. The Hall–Kier alpha value is -2.87. The Bertz CT molecular complexity index is 677. The van der Waals surface area contributed by atoms with Crippen molar-refractivity contribution in [1.82, 2.24) is 0 Å². The second-order valence-corrected chi connectivity index (χ2v) is 4.40. The highest BCUT2D eigenvalue weighted by molar-refractivity contribution is 5.94. The molecule has 0 radical (unpaired) electrons. The van der Waals surface area contributed by atoms with Crippen molar-refractivity contribution >= 4 is 11.6 Å². The van der Waals surface area contributed by atoms with Gasteiger partial charge in [0.15, 0.2) is 6.10 Å². The molecule has 0 spiro atoms. The molecule has 106 valence electrons. The molecular weight excluding hydrogens is 271 g/mol. The van der Waals surface area contributed by atoms with E-state index >= 15 is 0 Å². The number of halogens is 1. The summed E-state index contributed by atoms with van der Waals surface area (Å²) in [6.07, 6.45) is -0.776. The molecule has 0 saturated carbocycles. The van der Waals surface area contributed by atoms with Crippen LogP contribution in [0.25, 0.3) is 0 Å². The van der Waals surface area contributed by atoms with Gasteiger partial charge < -0.3 is 10.1 Å². The summed E-state index contributed by atoms with van der Waals surface area (Å²) in [7, 11) is 0. The maximum Gasteiger partial charge on any atom is 0.265 e. The Morgan fingerprint density at radius 3 is 2.62 bits per heavy atom. The number of ether oxygens (including phenoxy) is 1. The molecule has 0 aliphatic heterocycles. The summed E-state index contributed by atoms with van der Waals surface area (Å²) in [4.78, 5) is 12.0. The van der Waals surface area contributed by atoms with E-state index in [9.17, 15) is 9.18 Å². The predicted molar refractivity (Wildman–Crippen MR) is 76.3 cm³/mol. The Morgan fingerprint density at radius 2 is 2.00 bits per heavy atom. The van der Waals surface area contributed by atoms with Gasteiger partial charge in [0.25, 0.3) is 5.91 Å². The average molecular weight is 284 g/mol. The normalized spacial score (nSPS) is 11.3. The third-order valence-corrected chi connectivity index (χ3v) is 2.76. The number of nitriles is 1. The number of nitrogens with one attached hydrogen (secondary N) is 1. The lowest BCUT2D eigenvalue weighted by Gasteiger charge is -2.14. The molecule has 0 heterocycles. The summed E-state index contributed by atoms with van der Waals surface area (Å²) >= 11 is 0. The van der Waals surface area contributed by atoms with Crippen molar-refractivity contribution in [1.29, 1.82) is 5.26 Å². The number of anilines is 1. The summed E-state index contributed by atoms with van der Waals surface area (Å²) in [6.45, 7) is 1.57. The molecule has 0 bridgehead atoms. The fourth-order valence-corrected chi connectivity index (χ4v) is 1.67. The number of benzene rings is 2. The van der Waals surface area contributed by atoms with Crippen LogP contribution in [0.15, 0.2) is 48.5 Å². The Kier molecular flexibility index (Phi) is 4.52.